The molecule has 3 rings (SSSR count). The van der Waals surface area contributed by atoms with E-state index >= 15 is 0 Å². The summed E-state index contributed by atoms with van der Waals surface area (Å²) in [5, 5.41) is 3.40. The van der Waals surface area contributed by atoms with Gasteiger partial charge in [-0.15, -0.1) is 11.3 Å². The molecule has 3 nitrogen and oxygen atoms in total. The monoisotopic (exact) mass is 292 g/mol. The molecule has 1 N–H and O–H groups in total. The van der Waals surface area contributed by atoms with Gasteiger partial charge < -0.3 is 4.90 Å². The average molecular weight is 292 g/mol. The van der Waals surface area contributed by atoms with Gasteiger partial charge >= 0.3 is 0 Å². The first-order valence-corrected chi connectivity index (χ1v) is 8.39. The van der Waals surface area contributed by atoms with E-state index in [1.165, 1.54) is 22.6 Å². The lowest BCUT2D eigenvalue weighted by atomic mass is 9.74. The van der Waals surface area contributed by atoms with E-state index in [0.29, 0.717) is 18.0 Å². The van der Waals surface area contributed by atoms with Crippen LogP contribution in [0.4, 0.5) is 0 Å². The first-order valence-electron chi connectivity index (χ1n) is 7.57. The van der Waals surface area contributed by atoms with Crippen LogP contribution in [0.2, 0.25) is 0 Å². The molecule has 1 amide bonds. The van der Waals surface area contributed by atoms with Gasteiger partial charge in [-0.1, -0.05) is 20.3 Å². The highest BCUT2D eigenvalue weighted by molar-refractivity contribution is 7.12. The van der Waals surface area contributed by atoms with E-state index in [-0.39, 0.29) is 12.1 Å². The molecule has 1 aromatic heterocycles. The third-order valence-electron chi connectivity index (χ3n) is 4.62. The molecule has 2 atom stereocenters. The van der Waals surface area contributed by atoms with Crippen molar-refractivity contribution in [2.24, 2.45) is 5.41 Å². The summed E-state index contributed by atoms with van der Waals surface area (Å²) < 4.78 is 0. The van der Waals surface area contributed by atoms with Crippen LogP contribution in [0.3, 0.4) is 0 Å². The highest BCUT2D eigenvalue weighted by Crippen LogP contribution is 2.41. The van der Waals surface area contributed by atoms with E-state index in [2.05, 4.69) is 43.1 Å². The van der Waals surface area contributed by atoms with Crippen molar-refractivity contribution in [3.05, 3.63) is 21.9 Å². The predicted octanol–water partition coefficient (Wildman–Crippen LogP) is 3.46. The quantitative estimate of drug-likeness (QED) is 0.905. The summed E-state index contributed by atoms with van der Waals surface area (Å²) in [7, 11) is 0. The second kappa shape index (κ2) is 5.15. The van der Waals surface area contributed by atoms with Crippen molar-refractivity contribution in [1.82, 2.24) is 10.2 Å². The molecule has 1 aromatic rings. The number of hydrogen-bond acceptors (Lipinski definition) is 3. The van der Waals surface area contributed by atoms with Gasteiger partial charge in [0.15, 0.2) is 0 Å². The molecule has 2 fully saturated rings. The maximum Gasteiger partial charge on any atom is 0.238 e. The Morgan fingerprint density at radius 1 is 1.40 bits per heavy atom. The Balaban J connectivity index is 1.83. The zero-order valence-corrected chi connectivity index (χ0v) is 13.4. The Labute approximate surface area is 125 Å². The topological polar surface area (TPSA) is 32.3 Å². The molecule has 2 unspecified atom stereocenters. The van der Waals surface area contributed by atoms with E-state index in [0.717, 1.165) is 12.8 Å². The van der Waals surface area contributed by atoms with Crippen LogP contribution in [0.15, 0.2) is 12.1 Å². The number of hydrogen-bond donors (Lipinski definition) is 1. The molecule has 1 saturated carbocycles. The standard InChI is InChI=1S/C16H24N2OS/c1-11-6-7-13(20-11)15-17-10-14(19)18(15)12-5-4-8-16(2,3)9-12/h6-7,12,15,17H,4-5,8-10H2,1-3H3. The largest absolute Gasteiger partial charge is 0.318 e. The first kappa shape index (κ1) is 14.1. The SMILES string of the molecule is Cc1ccc(C2NCC(=O)N2C2CCCC(C)(C)C2)s1. The first-order chi connectivity index (χ1) is 9.46. The van der Waals surface area contributed by atoms with Gasteiger partial charge in [0.1, 0.15) is 6.17 Å². The van der Waals surface area contributed by atoms with Crippen LogP contribution in [0.1, 0.15) is 55.5 Å². The molecule has 20 heavy (non-hydrogen) atoms. The van der Waals surface area contributed by atoms with Gasteiger partial charge in [0, 0.05) is 15.8 Å². The highest BCUT2D eigenvalue weighted by Gasteiger charge is 2.40. The highest BCUT2D eigenvalue weighted by atomic mass is 32.1. The van der Waals surface area contributed by atoms with Crippen molar-refractivity contribution >= 4 is 17.2 Å². The van der Waals surface area contributed by atoms with E-state index < -0.39 is 0 Å². The Morgan fingerprint density at radius 3 is 2.85 bits per heavy atom. The third-order valence-corrected chi connectivity index (χ3v) is 5.67. The van der Waals surface area contributed by atoms with Gasteiger partial charge in [-0.2, -0.15) is 0 Å². The molecule has 2 aliphatic rings. The van der Waals surface area contributed by atoms with E-state index in [9.17, 15) is 4.79 Å². The second-order valence-electron chi connectivity index (χ2n) is 6.95. The number of rotatable bonds is 2. The van der Waals surface area contributed by atoms with E-state index in [1.54, 1.807) is 11.3 Å². The molecule has 4 heteroatoms. The van der Waals surface area contributed by atoms with Gasteiger partial charge in [-0.05, 0) is 43.7 Å². The van der Waals surface area contributed by atoms with Gasteiger partial charge in [-0.25, -0.2) is 0 Å². The number of amides is 1. The number of nitrogens with zero attached hydrogens (tertiary/aromatic N) is 1. The Hall–Kier alpha value is -0.870. The maximum atomic E-state index is 12.3. The molecular formula is C16H24N2OS. The Morgan fingerprint density at radius 2 is 2.20 bits per heavy atom. The number of nitrogens with one attached hydrogen (secondary N) is 1. The van der Waals surface area contributed by atoms with Crippen LogP contribution in [0.25, 0.3) is 0 Å². The molecular weight excluding hydrogens is 268 g/mol. The molecule has 0 aromatic carbocycles. The van der Waals surface area contributed by atoms with Gasteiger partial charge in [0.25, 0.3) is 0 Å². The summed E-state index contributed by atoms with van der Waals surface area (Å²) in [6, 6.07) is 4.71. The molecule has 110 valence electrons. The van der Waals surface area contributed by atoms with E-state index in [4.69, 9.17) is 0 Å². The fourth-order valence-corrected chi connectivity index (χ4v) is 4.62. The molecule has 0 spiro atoms. The van der Waals surface area contributed by atoms with Crippen LogP contribution in [0, 0.1) is 12.3 Å². The van der Waals surface area contributed by atoms with Gasteiger partial charge in [0.05, 0.1) is 6.54 Å². The zero-order chi connectivity index (χ0) is 14.3. The van der Waals surface area contributed by atoms with Crippen molar-refractivity contribution in [1.29, 1.82) is 0 Å². The predicted molar refractivity (Wildman–Crippen MR) is 82.7 cm³/mol. The molecule has 2 heterocycles. The lowest BCUT2D eigenvalue weighted by molar-refractivity contribution is -0.131. The normalized spacial score (nSPS) is 29.9. The summed E-state index contributed by atoms with van der Waals surface area (Å²) in [4.78, 5) is 17.1. The number of thiophene rings is 1. The molecule has 0 bridgehead atoms. The van der Waals surface area contributed by atoms with Crippen molar-refractivity contribution in [2.75, 3.05) is 6.54 Å². The maximum absolute atomic E-state index is 12.3. The molecule has 1 aliphatic carbocycles. The Kier molecular flexibility index (Phi) is 3.63. The zero-order valence-electron chi connectivity index (χ0n) is 12.6. The van der Waals surface area contributed by atoms with E-state index in [1.807, 2.05) is 0 Å². The summed E-state index contributed by atoms with van der Waals surface area (Å²) in [5.74, 6) is 0.267. The summed E-state index contributed by atoms with van der Waals surface area (Å²) in [6.45, 7) is 7.27. The fraction of sp³-hybridized carbons (Fsp3) is 0.688. The van der Waals surface area contributed by atoms with Gasteiger partial charge in [-0.3, -0.25) is 10.1 Å². The minimum atomic E-state index is 0.0973. The summed E-state index contributed by atoms with van der Waals surface area (Å²) in [6.07, 6.45) is 4.89. The lowest BCUT2D eigenvalue weighted by Crippen LogP contribution is -2.43. The number of aryl methyl sites for hydroxylation is 1. The van der Waals surface area contributed by atoms with Crippen molar-refractivity contribution < 1.29 is 4.79 Å². The summed E-state index contributed by atoms with van der Waals surface area (Å²) in [5.41, 5.74) is 0.363. The molecule has 0 radical (unpaired) electrons. The number of carbonyl (C=O) groups is 1. The van der Waals surface area contributed by atoms with Crippen LogP contribution in [-0.4, -0.2) is 23.4 Å². The summed E-state index contributed by atoms with van der Waals surface area (Å²) >= 11 is 1.80. The average Bonchev–Trinajstić information content (AvgIpc) is 2.94. The van der Waals surface area contributed by atoms with Crippen molar-refractivity contribution in [3.8, 4) is 0 Å². The Bertz CT molecular complexity index is 508. The fourth-order valence-electron chi connectivity index (χ4n) is 3.67. The minimum Gasteiger partial charge on any atom is -0.318 e. The van der Waals surface area contributed by atoms with Crippen LogP contribution >= 0.6 is 11.3 Å². The van der Waals surface area contributed by atoms with Crippen molar-refractivity contribution in [3.63, 3.8) is 0 Å². The van der Waals surface area contributed by atoms with Crippen LogP contribution in [0.5, 0.6) is 0 Å². The van der Waals surface area contributed by atoms with Crippen molar-refractivity contribution in [2.45, 2.75) is 58.7 Å². The minimum absolute atomic E-state index is 0.0973. The molecule has 1 saturated heterocycles. The number of carbonyl (C=O) groups excluding carboxylic acids is 1. The smallest absolute Gasteiger partial charge is 0.238 e. The second-order valence-corrected chi connectivity index (χ2v) is 8.27. The third kappa shape index (κ3) is 2.63. The van der Waals surface area contributed by atoms with Crippen LogP contribution < -0.4 is 5.32 Å². The lowest BCUT2D eigenvalue weighted by Gasteiger charge is -2.41. The van der Waals surface area contributed by atoms with Gasteiger partial charge in [0.2, 0.25) is 5.91 Å². The molecule has 1 aliphatic heterocycles. The van der Waals surface area contributed by atoms with Crippen LogP contribution in [-0.2, 0) is 4.79 Å².